The Bertz CT molecular complexity index is 4460. The number of piperidine rings is 4. The Morgan fingerprint density at radius 3 is 1.27 bits per heavy atom. The van der Waals surface area contributed by atoms with Crippen molar-refractivity contribution in [2.75, 3.05) is 0 Å². The highest BCUT2D eigenvalue weighted by molar-refractivity contribution is 6.05. The van der Waals surface area contributed by atoms with Crippen molar-refractivity contribution in [1.29, 1.82) is 0 Å². The summed E-state index contributed by atoms with van der Waals surface area (Å²) in [5.41, 5.74) is 16.0. The molecular weight excluding hydrogens is 1680 g/mol. The maximum absolute atomic E-state index is 13.3. The lowest BCUT2D eigenvalue weighted by Crippen LogP contribution is -2.46. The van der Waals surface area contributed by atoms with Crippen LogP contribution in [0.4, 0.5) is 62.3 Å². The first-order valence-electron chi connectivity index (χ1n) is 42.4. The predicted octanol–water partition coefficient (Wildman–Crippen LogP) is 15.4. The third-order valence-corrected chi connectivity index (χ3v) is 25.7. The van der Waals surface area contributed by atoms with Crippen molar-refractivity contribution < 1.29 is 120 Å². The normalized spacial score (nSPS) is 30.0. The van der Waals surface area contributed by atoms with E-state index in [1.165, 1.54) is 33.1 Å². The number of alkyl halides is 12. The zero-order chi connectivity index (χ0) is 89.4. The Morgan fingerprint density at radius 1 is 0.468 bits per heavy atom. The van der Waals surface area contributed by atoms with Crippen molar-refractivity contribution in [1.82, 2.24) is 44.6 Å². The van der Waals surface area contributed by atoms with Gasteiger partial charge in [-0.2, -0.15) is 62.9 Å². The number of ether oxygens (including phenoxy) is 2. The van der Waals surface area contributed by atoms with Gasteiger partial charge in [0.05, 0.1) is 59.0 Å². The van der Waals surface area contributed by atoms with E-state index in [9.17, 15) is 101 Å². The van der Waals surface area contributed by atoms with Gasteiger partial charge in [0.2, 0.25) is 5.91 Å². The monoisotopic (exact) mass is 1790 g/mol. The highest BCUT2D eigenvalue weighted by atomic mass is 35.5. The van der Waals surface area contributed by atoms with E-state index < -0.39 is 114 Å². The number of carbonyl (C=O) groups is 10. The molecule has 4 aliphatic heterocycles. The summed E-state index contributed by atoms with van der Waals surface area (Å²) >= 11 is 0. The zero-order valence-corrected chi connectivity index (χ0v) is 70.5. The number of aliphatic carboxylic acids is 2. The fourth-order valence-electron chi connectivity index (χ4n) is 19.4. The van der Waals surface area contributed by atoms with Gasteiger partial charge in [0.1, 0.15) is 36.1 Å². The van der Waals surface area contributed by atoms with Gasteiger partial charge in [-0.15, -0.1) is 12.4 Å². The second kappa shape index (κ2) is 39.9. The average Bonchev–Trinajstić information content (AvgIpc) is 1.58. The number of nitrogens with two attached hydrogens (primary N) is 3. The van der Waals surface area contributed by atoms with Gasteiger partial charge in [0.25, 0.3) is 11.8 Å². The summed E-state index contributed by atoms with van der Waals surface area (Å²) in [5.74, 6) is -7.73. The summed E-state index contributed by atoms with van der Waals surface area (Å²) in [6, 6.07) is 6.95. The van der Waals surface area contributed by atoms with E-state index in [1.807, 2.05) is 0 Å². The van der Waals surface area contributed by atoms with Crippen LogP contribution in [0.2, 0.25) is 0 Å². The minimum Gasteiger partial charge on any atom is -0.480 e. The molecule has 0 bridgehead atoms. The largest absolute Gasteiger partial charge is 0.480 e. The van der Waals surface area contributed by atoms with Crippen LogP contribution in [0.25, 0.3) is 21.8 Å². The number of fused-ring (bicyclic) bond motifs is 6. The third-order valence-electron chi connectivity index (χ3n) is 25.7. The predicted molar refractivity (Wildman–Crippen MR) is 430 cm³/mol. The Morgan fingerprint density at radius 2 is 0.863 bits per heavy atom. The van der Waals surface area contributed by atoms with Crippen LogP contribution in [0.3, 0.4) is 0 Å². The van der Waals surface area contributed by atoms with Crippen molar-refractivity contribution in [3.63, 3.8) is 0 Å². The van der Waals surface area contributed by atoms with Gasteiger partial charge in [-0.1, -0.05) is 51.3 Å². The minimum absolute atomic E-state index is 0. The number of pyridine rings is 1. The van der Waals surface area contributed by atoms with Crippen LogP contribution in [-0.2, 0) is 51.3 Å². The van der Waals surface area contributed by atoms with Crippen LogP contribution in [-0.4, -0.2) is 199 Å². The van der Waals surface area contributed by atoms with Crippen molar-refractivity contribution in [2.45, 2.75) is 326 Å². The number of carboxylic acid groups (broad SMARTS) is 2. The van der Waals surface area contributed by atoms with E-state index in [-0.39, 0.29) is 186 Å². The summed E-state index contributed by atoms with van der Waals surface area (Å²) in [7, 11) is 0. The number of para-hydroxylation sites is 1. The lowest BCUT2D eigenvalue weighted by Gasteiger charge is -2.33. The van der Waals surface area contributed by atoms with Crippen LogP contribution < -0.4 is 22.5 Å². The molecule has 7 heterocycles. The second-order valence-corrected chi connectivity index (χ2v) is 37.5. The first-order valence-corrected chi connectivity index (χ1v) is 42.4. The van der Waals surface area contributed by atoms with Gasteiger partial charge in [-0.3, -0.25) is 57.7 Å². The Kier molecular flexibility index (Phi) is 31.9. The van der Waals surface area contributed by atoms with Crippen LogP contribution in [0.15, 0.2) is 42.7 Å². The molecule has 4 aromatic rings. The molecule has 0 radical (unpaired) electrons. The summed E-state index contributed by atoms with van der Waals surface area (Å²) in [6.07, 6.45) is -1.50. The highest BCUT2D eigenvalue weighted by Gasteiger charge is 2.60. The average molecular weight is 1790 g/mol. The lowest BCUT2D eigenvalue weighted by molar-refractivity contribution is -0.186. The first-order chi connectivity index (χ1) is 56.9. The van der Waals surface area contributed by atoms with Crippen LogP contribution in [0.1, 0.15) is 243 Å². The molecule has 4 saturated heterocycles. The molecule has 5 amide bonds. The quantitative estimate of drug-likeness (QED) is 0.0567. The summed E-state index contributed by atoms with van der Waals surface area (Å²) in [6.45, 7) is 10.2. The highest BCUT2D eigenvalue weighted by Crippen LogP contribution is 2.53. The van der Waals surface area contributed by atoms with Crippen LogP contribution in [0, 0.1) is 65.1 Å². The molecule has 9 N–H and O–H groups in total. The van der Waals surface area contributed by atoms with E-state index in [2.05, 4.69) is 20.5 Å². The molecular formula is C85H117ClF12N12O14. The fraction of sp³-hybridized carbons (Fsp3) is 0.729. The van der Waals surface area contributed by atoms with Crippen LogP contribution in [0.5, 0.6) is 0 Å². The molecule has 20 atom stereocenters. The number of rotatable bonds is 16. The van der Waals surface area contributed by atoms with Gasteiger partial charge >= 0.3 is 48.8 Å². The number of carboxylic acids is 2. The molecule has 692 valence electrons. The molecule has 39 heteroatoms. The van der Waals surface area contributed by atoms with Gasteiger partial charge in [0, 0.05) is 66.4 Å². The Balaban J connectivity index is 0.000000174. The molecule has 0 unspecified atom stereocenters. The zero-order valence-electron chi connectivity index (χ0n) is 69.6. The fourth-order valence-corrected chi connectivity index (χ4v) is 19.4. The number of hydrogen-bond donors (Lipinski definition) is 6. The van der Waals surface area contributed by atoms with Gasteiger partial charge in [-0.05, 0) is 224 Å². The van der Waals surface area contributed by atoms with E-state index in [0.717, 1.165) is 38.5 Å². The number of benzene rings is 1. The van der Waals surface area contributed by atoms with Gasteiger partial charge in [-0.25, -0.2) is 14.4 Å². The molecule has 16 rings (SSSR count). The number of ketones is 3. The van der Waals surface area contributed by atoms with E-state index in [1.54, 1.807) is 81.7 Å². The molecule has 0 spiro atoms. The number of aromatic nitrogens is 5. The van der Waals surface area contributed by atoms with Gasteiger partial charge < -0.3 is 47.1 Å². The summed E-state index contributed by atoms with van der Waals surface area (Å²) in [5, 5.41) is 30.1. The number of nitrogens with zero attached hydrogens (tertiary/aromatic N) is 8. The lowest BCUT2D eigenvalue weighted by atomic mass is 9.78. The maximum atomic E-state index is 13.3. The number of carbonyl (C=O) groups excluding carboxylic acids is 8. The molecule has 3 aromatic heterocycles. The first kappa shape index (κ1) is 99.4. The van der Waals surface area contributed by atoms with E-state index in [0.29, 0.717) is 110 Å². The van der Waals surface area contributed by atoms with Crippen molar-refractivity contribution in [3.8, 4) is 0 Å². The number of amides is 5. The molecule has 8 saturated carbocycles. The topological polar surface area (TPSA) is 378 Å². The number of Topliss-reactive ketones (excluding diaryl/α,β-unsaturated/α-hetero) is 3. The number of nitrogens with one attached hydrogen (secondary N) is 1. The Hall–Kier alpha value is -8.42. The number of likely N-dealkylation sites (tertiary alicyclic amines) is 3. The third kappa shape index (κ3) is 25.9. The number of hydrogen-bond acceptors (Lipinski definition) is 17. The number of primary amides is 2. The smallest absolute Gasteiger partial charge is 0.411 e. The van der Waals surface area contributed by atoms with Crippen molar-refractivity contribution in [2.24, 2.45) is 82.3 Å². The number of halogens is 13. The molecule has 12 aliphatic rings. The van der Waals surface area contributed by atoms with Crippen molar-refractivity contribution in [3.05, 3.63) is 54.1 Å². The van der Waals surface area contributed by atoms with E-state index in [4.69, 9.17) is 36.9 Å². The summed E-state index contributed by atoms with van der Waals surface area (Å²) < 4.78 is 166. The molecule has 8 aliphatic carbocycles. The Labute approximate surface area is 717 Å². The standard InChI is InChI=1S/C23H26F3N5O3.C19H28F3NO3.C14H20F3NO.C11H17NO4.C10H9N3O3.C7H12F3N.CH4.ClH/c24-23(25,26)14-3-1-2-12(6-14)7-19(32)17-9-13-8-16(13)31(17)20(33)11-30-18-10-28-5-4-15(18)21(29-30)22(27)34;1-18(2,3)26-17(25)23-14-9-12(14)10-15(23)16(24)8-11-5-4-6-13(7-11)19(20,21)22;15-14(16,17)10-3-1-2-8(4-10)5-13(19)12-7-9-6-11(9)18-12;1-11(2,3)16-10(15)12-7-4-6(7)5-8(12)9(13)14;11-10(16)9-6-3-1-2-4-7(6)13(12-9)5-8(14)15;8-7(9,10)5-2-1-3-6(11)4-5;;/h4-5,10,12-14,16-17H,1-3,6-9,11H2,(H2,27,34);11-15H,4-10H2,1-3H3;8-12,18H,1-7H2;6-8H,4-5H2,1-3H3,(H,13,14);1-4H,5H2,(H2,11,16)(H,14,15);5-6H,1-4,11H2;1H4;1H/t12-,13-,14+,16-,17+;11-,12-,13+,14-,15+;8-,9-,10+,11-,12+;6-,7-,8+;;5-,6+;;/m1111.0../s1. The SMILES string of the molecule is C.CC(C)(C)OC(=O)N1[C@@H]2C[C@@H]2C[C@H]1C(=O)C[C@@H]1CCC[C@H](C(F)(F)F)C1.CC(C)(C)OC(=O)N1[C@@H]2C[C@@H]2C[C@H]1C(=O)O.Cl.NC(=O)c1nn(CC(=O)N2[C@@H]3C[C@@H]3C[C@H]2C(=O)C[C@@H]2CCC[C@H](C(F)(F)F)C2)c2cnccc12.NC(=O)c1nn(CC(=O)O)c2ccccc12.N[C@@H]1CCC[C@H](C(F)(F)F)C1.O=C(C[C@@H]1CCC[C@H](C(F)(F)F)C1)[C@@H]1C[C@H]2C[C@H]2N1. The van der Waals surface area contributed by atoms with E-state index >= 15 is 0 Å². The van der Waals surface area contributed by atoms with Crippen molar-refractivity contribution >= 4 is 93.4 Å². The maximum Gasteiger partial charge on any atom is 0.411 e. The molecule has 26 nitrogen and oxygen atoms in total. The van der Waals surface area contributed by atoms with Gasteiger partial charge in [0.15, 0.2) is 23.0 Å². The second-order valence-electron chi connectivity index (χ2n) is 37.5. The molecule has 124 heavy (non-hydrogen) atoms. The van der Waals surface area contributed by atoms with Crippen LogP contribution >= 0.6 is 12.4 Å². The minimum atomic E-state index is -4.23. The summed E-state index contributed by atoms with van der Waals surface area (Å²) in [4.78, 5) is 129. The molecule has 12 fully saturated rings. The molecule has 1 aromatic carbocycles.